The second-order valence-corrected chi connectivity index (χ2v) is 9.84. The molecular formula is C23H38N4O6. The average molecular weight is 467 g/mol. The fourth-order valence-electron chi connectivity index (χ4n) is 5.98. The number of nitrogens with one attached hydrogen (secondary N) is 3. The second-order valence-electron chi connectivity index (χ2n) is 9.84. The lowest BCUT2D eigenvalue weighted by molar-refractivity contribution is -0.165. The molecule has 2 heterocycles. The third kappa shape index (κ3) is 5.16. The molecule has 4 unspecified atom stereocenters. The van der Waals surface area contributed by atoms with E-state index in [1.54, 1.807) is 6.92 Å². The highest BCUT2D eigenvalue weighted by atomic mass is 16.4. The van der Waals surface area contributed by atoms with E-state index in [4.69, 9.17) is 0 Å². The number of carboxylic acid groups (broad SMARTS) is 2. The van der Waals surface area contributed by atoms with E-state index in [1.165, 1.54) is 31.2 Å². The van der Waals surface area contributed by atoms with Crippen molar-refractivity contribution in [3.05, 3.63) is 0 Å². The van der Waals surface area contributed by atoms with E-state index in [0.717, 1.165) is 19.3 Å². The van der Waals surface area contributed by atoms with E-state index in [1.807, 2.05) is 0 Å². The summed E-state index contributed by atoms with van der Waals surface area (Å²) in [5.41, 5.74) is -2.00. The molecule has 0 bridgehead atoms. The van der Waals surface area contributed by atoms with Gasteiger partial charge in [-0.25, -0.2) is 4.79 Å². The molecule has 5 N–H and O–H groups in total. The SMILES string of the molecule is CNC(=O)C1(C(=O)O)CC2CCNCC2N1C(=O)[C@H](C)NC(CCC1CCCCC1)C(=O)O. The molecule has 3 aliphatic rings. The number of rotatable bonds is 9. The Morgan fingerprint density at radius 2 is 1.82 bits per heavy atom. The molecule has 1 aliphatic carbocycles. The molecule has 0 aromatic heterocycles. The van der Waals surface area contributed by atoms with Crippen molar-refractivity contribution in [2.75, 3.05) is 20.1 Å². The fourth-order valence-corrected chi connectivity index (χ4v) is 5.98. The number of aliphatic carboxylic acids is 2. The zero-order valence-corrected chi connectivity index (χ0v) is 19.6. The molecule has 3 rings (SSSR count). The van der Waals surface area contributed by atoms with Gasteiger partial charge in [0, 0.05) is 19.6 Å². The third-order valence-electron chi connectivity index (χ3n) is 7.79. The monoisotopic (exact) mass is 466 g/mol. The molecule has 1 saturated carbocycles. The molecule has 0 spiro atoms. The lowest BCUT2D eigenvalue weighted by Crippen LogP contribution is -2.67. The number of hydrogen-bond acceptors (Lipinski definition) is 6. The van der Waals surface area contributed by atoms with Gasteiger partial charge in [0.2, 0.25) is 11.4 Å². The number of likely N-dealkylation sites (tertiary alicyclic amines) is 1. The Hall–Kier alpha value is -2.20. The highest BCUT2D eigenvalue weighted by Gasteiger charge is 2.63. The number of amides is 2. The van der Waals surface area contributed by atoms with Crippen LogP contribution in [-0.4, -0.2) is 82.7 Å². The number of carbonyl (C=O) groups is 4. The first kappa shape index (κ1) is 25.4. The van der Waals surface area contributed by atoms with Crippen LogP contribution in [0.2, 0.25) is 0 Å². The van der Waals surface area contributed by atoms with Crippen molar-refractivity contribution < 1.29 is 29.4 Å². The lowest BCUT2D eigenvalue weighted by Gasteiger charge is -2.39. The van der Waals surface area contributed by atoms with Crippen molar-refractivity contribution in [3.63, 3.8) is 0 Å². The van der Waals surface area contributed by atoms with Gasteiger partial charge < -0.3 is 25.7 Å². The molecular weight excluding hydrogens is 428 g/mol. The highest BCUT2D eigenvalue weighted by molar-refractivity contribution is 6.10. The van der Waals surface area contributed by atoms with Crippen molar-refractivity contribution in [1.29, 1.82) is 0 Å². The molecule has 10 nitrogen and oxygen atoms in total. The van der Waals surface area contributed by atoms with E-state index < -0.39 is 47.4 Å². The van der Waals surface area contributed by atoms with Crippen LogP contribution in [0.1, 0.15) is 64.7 Å². The molecule has 186 valence electrons. The maximum atomic E-state index is 13.6. The van der Waals surface area contributed by atoms with Crippen molar-refractivity contribution in [3.8, 4) is 0 Å². The number of likely N-dealkylation sites (N-methyl/N-ethyl adjacent to an activating group) is 1. The predicted molar refractivity (Wildman–Crippen MR) is 120 cm³/mol. The number of nitrogens with zero attached hydrogens (tertiary/aromatic N) is 1. The van der Waals surface area contributed by atoms with Gasteiger partial charge in [-0.1, -0.05) is 32.1 Å². The number of carboxylic acids is 2. The molecule has 3 fully saturated rings. The van der Waals surface area contributed by atoms with Crippen LogP contribution in [0.15, 0.2) is 0 Å². The third-order valence-corrected chi connectivity index (χ3v) is 7.79. The lowest BCUT2D eigenvalue weighted by atomic mass is 9.85. The number of fused-ring (bicyclic) bond motifs is 1. The van der Waals surface area contributed by atoms with Crippen LogP contribution in [0.25, 0.3) is 0 Å². The summed E-state index contributed by atoms with van der Waals surface area (Å²) in [6.45, 7) is 2.65. The summed E-state index contributed by atoms with van der Waals surface area (Å²) < 4.78 is 0. The van der Waals surface area contributed by atoms with Crippen LogP contribution in [0, 0.1) is 11.8 Å². The minimum atomic E-state index is -2.00. The van der Waals surface area contributed by atoms with Crippen molar-refractivity contribution in [2.24, 2.45) is 11.8 Å². The molecule has 10 heteroatoms. The molecule has 33 heavy (non-hydrogen) atoms. The fraction of sp³-hybridized carbons (Fsp3) is 0.826. The van der Waals surface area contributed by atoms with Crippen molar-refractivity contribution in [2.45, 2.75) is 88.4 Å². The first-order chi connectivity index (χ1) is 15.7. The largest absolute Gasteiger partial charge is 0.480 e. The maximum absolute atomic E-state index is 13.6. The van der Waals surface area contributed by atoms with E-state index in [9.17, 15) is 29.4 Å². The van der Waals surface area contributed by atoms with E-state index >= 15 is 0 Å². The van der Waals surface area contributed by atoms with Gasteiger partial charge in [0.15, 0.2) is 0 Å². The van der Waals surface area contributed by atoms with Gasteiger partial charge in [-0.15, -0.1) is 0 Å². The minimum Gasteiger partial charge on any atom is -0.480 e. The van der Waals surface area contributed by atoms with Crippen LogP contribution in [-0.2, 0) is 19.2 Å². The normalized spacial score (nSPS) is 29.7. The molecule has 0 radical (unpaired) electrons. The number of piperidine rings is 1. The number of hydrogen-bond donors (Lipinski definition) is 5. The highest BCUT2D eigenvalue weighted by Crippen LogP contribution is 2.42. The Morgan fingerprint density at radius 3 is 2.42 bits per heavy atom. The minimum absolute atomic E-state index is 0.0524. The molecule has 5 atom stereocenters. The molecule has 0 aromatic carbocycles. The summed E-state index contributed by atoms with van der Waals surface area (Å²) >= 11 is 0. The first-order valence-corrected chi connectivity index (χ1v) is 12.2. The molecule has 0 aromatic rings. The Kier molecular flexibility index (Phi) is 8.33. The van der Waals surface area contributed by atoms with Crippen molar-refractivity contribution in [1.82, 2.24) is 20.9 Å². The first-order valence-electron chi connectivity index (χ1n) is 12.2. The summed E-state index contributed by atoms with van der Waals surface area (Å²) in [4.78, 5) is 52.0. The summed E-state index contributed by atoms with van der Waals surface area (Å²) in [6, 6.07) is -2.29. The van der Waals surface area contributed by atoms with E-state index in [2.05, 4.69) is 16.0 Å². The smallest absolute Gasteiger partial charge is 0.339 e. The predicted octanol–water partition coefficient (Wildman–Crippen LogP) is 0.558. The molecule has 2 amide bonds. The topological polar surface area (TPSA) is 148 Å². The Morgan fingerprint density at radius 1 is 1.12 bits per heavy atom. The molecule has 2 saturated heterocycles. The van der Waals surface area contributed by atoms with Gasteiger partial charge in [0.25, 0.3) is 5.91 Å². The van der Waals surface area contributed by atoms with Crippen LogP contribution < -0.4 is 16.0 Å². The zero-order valence-electron chi connectivity index (χ0n) is 19.6. The average Bonchev–Trinajstić information content (AvgIpc) is 3.17. The zero-order chi connectivity index (χ0) is 24.2. The Bertz CT molecular complexity index is 755. The van der Waals surface area contributed by atoms with Gasteiger partial charge in [0.05, 0.1) is 6.04 Å². The van der Waals surface area contributed by atoms with Gasteiger partial charge in [-0.05, 0) is 51.0 Å². The molecule has 2 aliphatic heterocycles. The summed E-state index contributed by atoms with van der Waals surface area (Å²) in [5, 5.41) is 28.4. The van der Waals surface area contributed by atoms with Crippen LogP contribution in [0.3, 0.4) is 0 Å². The van der Waals surface area contributed by atoms with Gasteiger partial charge >= 0.3 is 11.9 Å². The van der Waals surface area contributed by atoms with Crippen molar-refractivity contribution >= 4 is 23.8 Å². The Balaban J connectivity index is 1.77. The van der Waals surface area contributed by atoms with Crippen LogP contribution in [0.4, 0.5) is 0 Å². The maximum Gasteiger partial charge on any atom is 0.339 e. The van der Waals surface area contributed by atoms with E-state index in [-0.39, 0.29) is 12.3 Å². The summed E-state index contributed by atoms with van der Waals surface area (Å²) in [5.74, 6) is -3.27. The van der Waals surface area contributed by atoms with E-state index in [0.29, 0.717) is 31.8 Å². The summed E-state index contributed by atoms with van der Waals surface area (Å²) in [7, 11) is 1.36. The quantitative estimate of drug-likeness (QED) is 0.310. The van der Waals surface area contributed by atoms with Crippen LogP contribution in [0.5, 0.6) is 0 Å². The van der Waals surface area contributed by atoms with Gasteiger partial charge in [0.1, 0.15) is 6.04 Å². The second kappa shape index (κ2) is 10.8. The van der Waals surface area contributed by atoms with Gasteiger partial charge in [-0.3, -0.25) is 19.7 Å². The number of carbonyl (C=O) groups excluding carboxylic acids is 2. The Labute approximate surface area is 194 Å². The summed E-state index contributed by atoms with van der Waals surface area (Å²) in [6.07, 6.45) is 7.70. The van der Waals surface area contributed by atoms with Crippen LogP contribution >= 0.6 is 0 Å². The standard InChI is InChI=1S/C23H38N4O6/c1-14(26-17(20(29)30)9-8-15-6-4-3-5-7-15)19(28)27-18-13-25-11-10-16(18)12-23(27,22(32)33)21(31)24-2/h14-18,25-26H,3-13H2,1-2H3,(H,24,31)(H,29,30)(H,32,33)/t14-,16?,17?,18?,23?/m0/s1. The van der Waals surface area contributed by atoms with Gasteiger partial charge in [-0.2, -0.15) is 0 Å².